The van der Waals surface area contributed by atoms with Crippen LogP contribution in [0.5, 0.6) is 0 Å². The maximum atomic E-state index is 12.4. The Bertz CT molecular complexity index is 671. The van der Waals surface area contributed by atoms with Gasteiger partial charge in [-0.2, -0.15) is 0 Å². The highest BCUT2D eigenvalue weighted by Gasteiger charge is 2.19. The van der Waals surface area contributed by atoms with Gasteiger partial charge in [0.1, 0.15) is 0 Å². The van der Waals surface area contributed by atoms with E-state index in [0.29, 0.717) is 29.4 Å². The van der Waals surface area contributed by atoms with Crippen LogP contribution in [0.25, 0.3) is 5.65 Å². The first-order chi connectivity index (χ1) is 9.70. The monoisotopic (exact) mass is 295 g/mol. The Morgan fingerprint density at radius 2 is 2.25 bits per heavy atom. The number of aromatic nitrogens is 3. The molecule has 3 heterocycles. The first kappa shape index (κ1) is 13.6. The Hall–Kier alpha value is -1.33. The lowest BCUT2D eigenvalue weighted by molar-refractivity contribution is 0.0844. The molecule has 0 radical (unpaired) electrons. The zero-order valence-electron chi connectivity index (χ0n) is 11.5. The molecule has 1 N–H and O–H groups in total. The van der Waals surface area contributed by atoms with Crippen LogP contribution in [0.2, 0.25) is 0 Å². The molecular weight excluding hydrogens is 278 g/mol. The topological polar surface area (TPSA) is 59.4 Å². The molecule has 108 valence electrons. The highest BCUT2D eigenvalue weighted by atomic mass is 35.5. The maximum Gasteiger partial charge on any atom is 0.276 e. The van der Waals surface area contributed by atoms with Crippen molar-refractivity contribution in [3.63, 3.8) is 0 Å². The average Bonchev–Trinajstić information content (AvgIpc) is 2.88. The largest absolute Gasteiger partial charge is 0.381 e. The van der Waals surface area contributed by atoms with E-state index in [1.807, 2.05) is 13.0 Å². The van der Waals surface area contributed by atoms with E-state index in [4.69, 9.17) is 16.3 Å². The molecule has 0 aliphatic carbocycles. The van der Waals surface area contributed by atoms with Gasteiger partial charge in [0.25, 0.3) is 5.56 Å². The average molecular weight is 296 g/mol. The first-order valence-electron chi connectivity index (χ1n) is 6.95. The van der Waals surface area contributed by atoms with Gasteiger partial charge in [-0.1, -0.05) is 0 Å². The molecule has 0 unspecified atom stereocenters. The number of nitrogens with zero attached hydrogens (tertiary/aromatic N) is 2. The number of H-pyrrole nitrogens is 1. The second kappa shape index (κ2) is 5.58. The number of halogens is 1. The molecule has 1 aliphatic heterocycles. The molecule has 0 amide bonds. The zero-order valence-corrected chi connectivity index (χ0v) is 12.2. The fourth-order valence-electron chi connectivity index (χ4n) is 2.79. The van der Waals surface area contributed by atoms with Crippen LogP contribution in [0.15, 0.2) is 10.9 Å². The molecule has 0 spiro atoms. The maximum absolute atomic E-state index is 12.4. The summed E-state index contributed by atoms with van der Waals surface area (Å²) >= 11 is 5.76. The predicted molar refractivity (Wildman–Crippen MR) is 77.8 cm³/mol. The number of aryl methyl sites for hydroxylation is 1. The number of nitrogens with one attached hydrogen (secondary N) is 1. The quantitative estimate of drug-likeness (QED) is 0.881. The van der Waals surface area contributed by atoms with Crippen molar-refractivity contribution >= 4 is 17.2 Å². The van der Waals surface area contributed by atoms with Gasteiger partial charge in [0.05, 0.1) is 0 Å². The minimum atomic E-state index is -0.0357. The number of alkyl halides is 1. The molecule has 6 heteroatoms. The molecule has 5 nitrogen and oxygen atoms in total. The second-order valence-corrected chi connectivity index (χ2v) is 5.59. The Morgan fingerprint density at radius 1 is 1.50 bits per heavy atom. The molecule has 0 bridgehead atoms. The summed E-state index contributed by atoms with van der Waals surface area (Å²) in [4.78, 5) is 17.0. The van der Waals surface area contributed by atoms with Gasteiger partial charge in [0.2, 0.25) is 0 Å². The van der Waals surface area contributed by atoms with Crippen LogP contribution in [-0.2, 0) is 11.2 Å². The third-order valence-electron chi connectivity index (χ3n) is 3.94. The number of fused-ring (bicyclic) bond motifs is 1. The van der Waals surface area contributed by atoms with Gasteiger partial charge in [-0.3, -0.25) is 9.89 Å². The fourth-order valence-corrected chi connectivity index (χ4v) is 2.98. The van der Waals surface area contributed by atoms with Crippen molar-refractivity contribution in [3.8, 4) is 0 Å². The zero-order chi connectivity index (χ0) is 14.1. The molecule has 0 saturated carbocycles. The van der Waals surface area contributed by atoms with Crippen molar-refractivity contribution in [2.24, 2.45) is 0 Å². The van der Waals surface area contributed by atoms with Gasteiger partial charge in [-0.25, -0.2) is 9.50 Å². The Labute approximate surface area is 121 Å². The number of hydrogen-bond acceptors (Lipinski definition) is 3. The Balaban J connectivity index is 2.06. The molecule has 2 aromatic heterocycles. The van der Waals surface area contributed by atoms with E-state index >= 15 is 0 Å². The Kier molecular flexibility index (Phi) is 3.81. The van der Waals surface area contributed by atoms with E-state index in [2.05, 4.69) is 10.1 Å². The number of hydrogen-bond donors (Lipinski definition) is 1. The molecule has 3 rings (SSSR count). The van der Waals surface area contributed by atoms with Gasteiger partial charge in [0.15, 0.2) is 5.65 Å². The summed E-state index contributed by atoms with van der Waals surface area (Å²) in [5.74, 6) is 0.846. The third-order valence-corrected chi connectivity index (χ3v) is 4.13. The van der Waals surface area contributed by atoms with Crippen LogP contribution in [0, 0.1) is 6.92 Å². The summed E-state index contributed by atoms with van der Waals surface area (Å²) in [6, 6.07) is 1.98. The molecule has 1 saturated heterocycles. The summed E-state index contributed by atoms with van der Waals surface area (Å²) in [5.41, 5.74) is 3.19. The summed E-state index contributed by atoms with van der Waals surface area (Å²) in [7, 11) is 0. The van der Waals surface area contributed by atoms with Crippen LogP contribution in [0.3, 0.4) is 0 Å². The molecule has 1 aliphatic rings. The highest BCUT2D eigenvalue weighted by Crippen LogP contribution is 2.26. The summed E-state index contributed by atoms with van der Waals surface area (Å²) in [6.45, 7) is 3.42. The SMILES string of the molecule is Cc1nc2cc(C3CCOCC3)[nH]n2c(=O)c1CCCl. The first-order valence-corrected chi connectivity index (χ1v) is 7.49. The van der Waals surface area contributed by atoms with Crippen molar-refractivity contribution in [1.29, 1.82) is 0 Å². The Morgan fingerprint density at radius 3 is 2.95 bits per heavy atom. The molecule has 2 aromatic rings. The van der Waals surface area contributed by atoms with Crippen molar-refractivity contribution in [2.75, 3.05) is 19.1 Å². The van der Waals surface area contributed by atoms with Gasteiger partial charge < -0.3 is 4.74 Å². The third kappa shape index (κ3) is 2.36. The van der Waals surface area contributed by atoms with Crippen LogP contribution < -0.4 is 5.56 Å². The van der Waals surface area contributed by atoms with E-state index in [-0.39, 0.29) is 5.56 Å². The standard InChI is InChI=1S/C14H18ClN3O2/c1-9-11(2-5-15)14(19)18-13(16-9)8-12(17-18)10-3-6-20-7-4-10/h8,10,17H,2-7H2,1H3. The van der Waals surface area contributed by atoms with E-state index in [9.17, 15) is 4.79 Å². The van der Waals surface area contributed by atoms with Crippen LogP contribution >= 0.6 is 11.6 Å². The number of rotatable bonds is 3. The fraction of sp³-hybridized carbons (Fsp3) is 0.571. The highest BCUT2D eigenvalue weighted by molar-refractivity contribution is 6.18. The molecule has 0 atom stereocenters. The number of aromatic amines is 1. The minimum absolute atomic E-state index is 0.0357. The van der Waals surface area contributed by atoms with Crippen LogP contribution in [0.1, 0.15) is 35.7 Å². The van der Waals surface area contributed by atoms with Crippen molar-refractivity contribution in [2.45, 2.75) is 32.1 Å². The lowest BCUT2D eigenvalue weighted by Gasteiger charge is -2.20. The van der Waals surface area contributed by atoms with Gasteiger partial charge in [0, 0.05) is 48.0 Å². The molecule has 1 fully saturated rings. The van der Waals surface area contributed by atoms with Crippen molar-refractivity contribution in [1.82, 2.24) is 14.6 Å². The molecular formula is C14H18ClN3O2. The van der Waals surface area contributed by atoms with E-state index in [0.717, 1.165) is 37.4 Å². The van der Waals surface area contributed by atoms with Crippen molar-refractivity contribution in [3.05, 3.63) is 33.4 Å². The van der Waals surface area contributed by atoms with E-state index < -0.39 is 0 Å². The minimum Gasteiger partial charge on any atom is -0.381 e. The molecule has 20 heavy (non-hydrogen) atoms. The van der Waals surface area contributed by atoms with Crippen LogP contribution in [0.4, 0.5) is 0 Å². The smallest absolute Gasteiger partial charge is 0.276 e. The lowest BCUT2D eigenvalue weighted by atomic mass is 9.97. The predicted octanol–water partition coefficient (Wildman–Crippen LogP) is 2.01. The van der Waals surface area contributed by atoms with E-state index in [1.54, 1.807) is 4.52 Å². The normalized spacial score (nSPS) is 16.9. The molecule has 0 aromatic carbocycles. The summed E-state index contributed by atoms with van der Waals surface area (Å²) in [5, 5.41) is 3.20. The van der Waals surface area contributed by atoms with Crippen molar-refractivity contribution < 1.29 is 4.74 Å². The van der Waals surface area contributed by atoms with Crippen LogP contribution in [-0.4, -0.2) is 33.7 Å². The summed E-state index contributed by atoms with van der Waals surface area (Å²) < 4.78 is 6.92. The van der Waals surface area contributed by atoms with E-state index in [1.165, 1.54) is 0 Å². The second-order valence-electron chi connectivity index (χ2n) is 5.21. The van der Waals surface area contributed by atoms with Gasteiger partial charge in [-0.05, 0) is 26.2 Å². The van der Waals surface area contributed by atoms with Gasteiger partial charge in [-0.15, -0.1) is 11.6 Å². The number of ether oxygens (including phenoxy) is 1. The summed E-state index contributed by atoms with van der Waals surface area (Å²) in [6.07, 6.45) is 2.51. The van der Waals surface area contributed by atoms with Gasteiger partial charge >= 0.3 is 0 Å². The lowest BCUT2D eigenvalue weighted by Crippen LogP contribution is -2.22.